The van der Waals surface area contributed by atoms with E-state index in [4.69, 9.17) is 0 Å². The van der Waals surface area contributed by atoms with Crippen molar-refractivity contribution in [1.82, 2.24) is 15.1 Å². The molecule has 2 heterocycles. The molecule has 0 aliphatic carbocycles. The Labute approximate surface area is 148 Å². The molecule has 5 nitrogen and oxygen atoms in total. The van der Waals surface area contributed by atoms with Crippen LogP contribution in [0.2, 0.25) is 0 Å². The Hall–Kier alpha value is -1.95. The van der Waals surface area contributed by atoms with Crippen LogP contribution in [0.15, 0.2) is 24.3 Å². The molecule has 1 N–H and O–H groups in total. The summed E-state index contributed by atoms with van der Waals surface area (Å²) < 4.78 is 13.9. The minimum absolute atomic E-state index is 0.0741. The lowest BCUT2D eigenvalue weighted by atomic mass is 9.92. The van der Waals surface area contributed by atoms with Gasteiger partial charge in [-0.05, 0) is 44.9 Å². The number of carbonyl (C=O) groups excluding carboxylic acids is 2. The Kier molecular flexibility index (Phi) is 5.68. The summed E-state index contributed by atoms with van der Waals surface area (Å²) in [5.74, 6) is -0.505. The molecule has 0 aromatic heterocycles. The molecular weight excluding hydrogens is 321 g/mol. The third-order valence-corrected chi connectivity index (χ3v) is 5.17. The summed E-state index contributed by atoms with van der Waals surface area (Å²) >= 11 is 0. The van der Waals surface area contributed by atoms with Crippen molar-refractivity contribution in [2.75, 3.05) is 32.7 Å². The standard InChI is InChI=1S/C19H26FN3O2/c1-14-13-15(7-8-21-14)18(24)22-9-4-10-23(12-11-22)19(25)16-5-2-3-6-17(16)20/h2-3,5-6,14-15,21H,4,7-13H2,1H3/t14-,15-/m0/s1. The van der Waals surface area contributed by atoms with Gasteiger partial charge >= 0.3 is 0 Å². The maximum Gasteiger partial charge on any atom is 0.256 e. The molecule has 25 heavy (non-hydrogen) atoms. The Bertz CT molecular complexity index is 637. The van der Waals surface area contributed by atoms with Gasteiger partial charge in [0.25, 0.3) is 5.91 Å². The van der Waals surface area contributed by atoms with Gasteiger partial charge in [0.05, 0.1) is 5.56 Å². The quantitative estimate of drug-likeness (QED) is 0.889. The predicted molar refractivity (Wildman–Crippen MR) is 93.7 cm³/mol. The molecular formula is C19H26FN3O2. The molecule has 2 saturated heterocycles. The van der Waals surface area contributed by atoms with Crippen molar-refractivity contribution < 1.29 is 14.0 Å². The monoisotopic (exact) mass is 347 g/mol. The zero-order chi connectivity index (χ0) is 17.8. The number of nitrogens with zero attached hydrogens (tertiary/aromatic N) is 2. The van der Waals surface area contributed by atoms with Crippen LogP contribution in [-0.4, -0.2) is 60.4 Å². The van der Waals surface area contributed by atoms with Crippen molar-refractivity contribution in [3.63, 3.8) is 0 Å². The number of nitrogens with one attached hydrogen (secondary N) is 1. The van der Waals surface area contributed by atoms with Crippen molar-refractivity contribution in [2.45, 2.75) is 32.2 Å². The second-order valence-electron chi connectivity index (χ2n) is 7.03. The molecule has 0 bridgehead atoms. The number of carbonyl (C=O) groups is 2. The molecule has 2 aliphatic rings. The molecule has 0 unspecified atom stereocenters. The smallest absolute Gasteiger partial charge is 0.256 e. The van der Waals surface area contributed by atoms with Gasteiger partial charge in [0.1, 0.15) is 5.82 Å². The topological polar surface area (TPSA) is 52.7 Å². The van der Waals surface area contributed by atoms with Crippen molar-refractivity contribution >= 4 is 11.8 Å². The van der Waals surface area contributed by atoms with E-state index in [9.17, 15) is 14.0 Å². The lowest BCUT2D eigenvalue weighted by molar-refractivity contribution is -0.136. The van der Waals surface area contributed by atoms with Crippen LogP contribution in [0.4, 0.5) is 4.39 Å². The molecule has 0 spiro atoms. The Morgan fingerprint density at radius 1 is 1.12 bits per heavy atom. The fourth-order valence-corrected chi connectivity index (χ4v) is 3.76. The van der Waals surface area contributed by atoms with Crippen LogP contribution in [0.1, 0.15) is 36.5 Å². The van der Waals surface area contributed by atoms with Gasteiger partial charge in [0, 0.05) is 38.1 Å². The number of hydrogen-bond donors (Lipinski definition) is 1. The van der Waals surface area contributed by atoms with Gasteiger partial charge in [0.2, 0.25) is 5.91 Å². The van der Waals surface area contributed by atoms with E-state index in [0.29, 0.717) is 32.2 Å². The zero-order valence-corrected chi connectivity index (χ0v) is 14.7. The summed E-state index contributed by atoms with van der Waals surface area (Å²) in [7, 11) is 0. The highest BCUT2D eigenvalue weighted by Crippen LogP contribution is 2.20. The van der Waals surface area contributed by atoms with E-state index >= 15 is 0 Å². The third-order valence-electron chi connectivity index (χ3n) is 5.17. The van der Waals surface area contributed by atoms with Crippen LogP contribution >= 0.6 is 0 Å². The first kappa shape index (κ1) is 17.9. The number of halogens is 1. The number of hydrogen-bond acceptors (Lipinski definition) is 3. The molecule has 0 saturated carbocycles. The van der Waals surface area contributed by atoms with Crippen molar-refractivity contribution in [3.8, 4) is 0 Å². The van der Waals surface area contributed by atoms with Crippen molar-refractivity contribution in [1.29, 1.82) is 0 Å². The number of piperidine rings is 1. The minimum atomic E-state index is -0.492. The summed E-state index contributed by atoms with van der Waals surface area (Å²) in [6, 6.07) is 6.44. The molecule has 2 atom stereocenters. The third kappa shape index (κ3) is 4.18. The SMILES string of the molecule is C[C@H]1C[C@@H](C(=O)N2CCCN(C(=O)c3ccccc3F)CC2)CCN1. The summed E-state index contributed by atoms with van der Waals surface area (Å²) in [4.78, 5) is 28.9. The normalized spacial score (nSPS) is 24.7. The molecule has 2 fully saturated rings. The van der Waals surface area contributed by atoms with Crippen LogP contribution in [0.5, 0.6) is 0 Å². The second-order valence-corrected chi connectivity index (χ2v) is 7.03. The van der Waals surface area contributed by atoms with Gasteiger partial charge in [-0.25, -0.2) is 4.39 Å². The van der Waals surface area contributed by atoms with Crippen LogP contribution in [0, 0.1) is 11.7 Å². The van der Waals surface area contributed by atoms with E-state index in [1.54, 1.807) is 17.0 Å². The molecule has 2 aliphatic heterocycles. The first-order valence-corrected chi connectivity index (χ1v) is 9.12. The largest absolute Gasteiger partial charge is 0.341 e. The lowest BCUT2D eigenvalue weighted by Gasteiger charge is -2.31. The van der Waals surface area contributed by atoms with Gasteiger partial charge in [-0.15, -0.1) is 0 Å². The maximum absolute atomic E-state index is 13.9. The predicted octanol–water partition coefficient (Wildman–Crippen LogP) is 1.89. The first-order valence-electron chi connectivity index (χ1n) is 9.12. The van der Waals surface area contributed by atoms with E-state index in [1.165, 1.54) is 12.1 Å². The molecule has 1 aromatic rings. The van der Waals surface area contributed by atoms with E-state index in [2.05, 4.69) is 12.2 Å². The van der Waals surface area contributed by atoms with Crippen LogP contribution in [-0.2, 0) is 4.79 Å². The Morgan fingerprint density at radius 3 is 2.60 bits per heavy atom. The molecule has 2 amide bonds. The summed E-state index contributed by atoms with van der Waals surface area (Å²) in [6.45, 7) is 5.19. The van der Waals surface area contributed by atoms with E-state index in [0.717, 1.165) is 25.8 Å². The Balaban J connectivity index is 1.61. The molecule has 3 rings (SSSR count). The zero-order valence-electron chi connectivity index (χ0n) is 14.7. The van der Waals surface area contributed by atoms with Gasteiger partial charge in [0.15, 0.2) is 0 Å². The average Bonchev–Trinajstić information content (AvgIpc) is 2.87. The van der Waals surface area contributed by atoms with Crippen LogP contribution in [0.3, 0.4) is 0 Å². The lowest BCUT2D eigenvalue weighted by Crippen LogP contribution is -2.45. The summed E-state index contributed by atoms with van der Waals surface area (Å²) in [5.41, 5.74) is 0.106. The van der Waals surface area contributed by atoms with Crippen LogP contribution < -0.4 is 5.32 Å². The molecule has 1 aromatic carbocycles. The summed E-state index contributed by atoms with van der Waals surface area (Å²) in [6.07, 6.45) is 2.47. The maximum atomic E-state index is 13.9. The highest BCUT2D eigenvalue weighted by atomic mass is 19.1. The van der Waals surface area contributed by atoms with Gasteiger partial charge in [-0.1, -0.05) is 12.1 Å². The van der Waals surface area contributed by atoms with Gasteiger partial charge in [-0.2, -0.15) is 0 Å². The van der Waals surface area contributed by atoms with E-state index in [-0.39, 0.29) is 23.3 Å². The minimum Gasteiger partial charge on any atom is -0.341 e. The fraction of sp³-hybridized carbons (Fsp3) is 0.579. The van der Waals surface area contributed by atoms with Gasteiger partial charge in [-0.3, -0.25) is 9.59 Å². The van der Waals surface area contributed by atoms with E-state index in [1.807, 2.05) is 4.90 Å². The van der Waals surface area contributed by atoms with E-state index < -0.39 is 5.82 Å². The number of rotatable bonds is 2. The highest BCUT2D eigenvalue weighted by molar-refractivity contribution is 5.94. The first-order chi connectivity index (χ1) is 12.1. The fourth-order valence-electron chi connectivity index (χ4n) is 3.76. The van der Waals surface area contributed by atoms with Crippen molar-refractivity contribution in [2.24, 2.45) is 5.92 Å². The second kappa shape index (κ2) is 7.95. The molecule has 136 valence electrons. The van der Waals surface area contributed by atoms with Crippen LogP contribution in [0.25, 0.3) is 0 Å². The average molecular weight is 347 g/mol. The number of benzene rings is 1. The highest BCUT2D eigenvalue weighted by Gasteiger charge is 2.30. The number of amides is 2. The van der Waals surface area contributed by atoms with Gasteiger partial charge < -0.3 is 15.1 Å². The molecule has 6 heteroatoms. The van der Waals surface area contributed by atoms with Crippen molar-refractivity contribution in [3.05, 3.63) is 35.6 Å². The molecule has 0 radical (unpaired) electrons. The Morgan fingerprint density at radius 2 is 1.84 bits per heavy atom. The summed E-state index contributed by atoms with van der Waals surface area (Å²) in [5, 5.41) is 3.37.